The molecule has 2 fully saturated rings. The van der Waals surface area contributed by atoms with Gasteiger partial charge >= 0.3 is 0 Å². The third kappa shape index (κ3) is 3.80. The third-order valence-electron chi connectivity index (χ3n) is 5.75. The van der Waals surface area contributed by atoms with E-state index in [1.807, 2.05) is 0 Å². The van der Waals surface area contributed by atoms with Crippen LogP contribution in [0.1, 0.15) is 59.8 Å². The van der Waals surface area contributed by atoms with Crippen molar-refractivity contribution in [3.63, 3.8) is 0 Å². The lowest BCUT2D eigenvalue weighted by Gasteiger charge is -2.45. The van der Waals surface area contributed by atoms with E-state index in [1.54, 1.807) is 0 Å². The molecule has 0 bridgehead atoms. The summed E-state index contributed by atoms with van der Waals surface area (Å²) in [4.78, 5) is 5.51. The van der Waals surface area contributed by atoms with Crippen LogP contribution in [0.4, 0.5) is 0 Å². The van der Waals surface area contributed by atoms with Crippen LogP contribution in [0.15, 0.2) is 0 Å². The van der Waals surface area contributed by atoms with Gasteiger partial charge in [-0.2, -0.15) is 0 Å². The van der Waals surface area contributed by atoms with E-state index < -0.39 is 0 Å². The Balaban J connectivity index is 2.11. The maximum Gasteiger partial charge on any atom is 0.0498 e. The van der Waals surface area contributed by atoms with Gasteiger partial charge in [-0.05, 0) is 63.6 Å². The molecule has 3 heteroatoms. The number of hydrogen-bond acceptors (Lipinski definition) is 3. The van der Waals surface area contributed by atoms with Gasteiger partial charge < -0.3 is 5.73 Å². The Kier molecular flexibility index (Phi) is 6.10. The van der Waals surface area contributed by atoms with Crippen molar-refractivity contribution in [2.75, 3.05) is 32.7 Å². The zero-order valence-electron chi connectivity index (χ0n) is 14.8. The van der Waals surface area contributed by atoms with Crippen molar-refractivity contribution in [1.29, 1.82) is 0 Å². The van der Waals surface area contributed by atoms with Gasteiger partial charge in [0.05, 0.1) is 0 Å². The third-order valence-corrected chi connectivity index (χ3v) is 5.75. The zero-order valence-corrected chi connectivity index (χ0v) is 14.8. The van der Waals surface area contributed by atoms with Crippen molar-refractivity contribution in [2.45, 2.75) is 71.4 Å². The molecular formula is C18H37N3. The van der Waals surface area contributed by atoms with Gasteiger partial charge in [0.25, 0.3) is 0 Å². The number of nitrogens with two attached hydrogens (primary N) is 1. The second-order valence-electron chi connectivity index (χ2n) is 8.10. The van der Waals surface area contributed by atoms with Crippen LogP contribution in [0.3, 0.4) is 0 Å². The molecule has 2 rings (SSSR count). The average molecular weight is 296 g/mol. The number of rotatable bonds is 8. The number of hydrogen-bond donors (Lipinski definition) is 1. The monoisotopic (exact) mass is 295 g/mol. The molecule has 2 unspecified atom stereocenters. The molecule has 0 radical (unpaired) electrons. The van der Waals surface area contributed by atoms with Gasteiger partial charge in [-0.1, -0.05) is 27.7 Å². The van der Waals surface area contributed by atoms with Crippen molar-refractivity contribution in [3.8, 4) is 0 Å². The first kappa shape index (κ1) is 17.2. The van der Waals surface area contributed by atoms with Crippen LogP contribution in [0.2, 0.25) is 0 Å². The van der Waals surface area contributed by atoms with Crippen LogP contribution in [0.25, 0.3) is 0 Å². The van der Waals surface area contributed by atoms with Gasteiger partial charge in [-0.15, -0.1) is 0 Å². The molecule has 0 aromatic heterocycles. The van der Waals surface area contributed by atoms with Crippen molar-refractivity contribution in [1.82, 2.24) is 9.80 Å². The minimum Gasteiger partial charge on any atom is -0.329 e. The summed E-state index contributed by atoms with van der Waals surface area (Å²) in [6.07, 6.45) is 6.61. The van der Waals surface area contributed by atoms with E-state index in [2.05, 4.69) is 37.5 Å². The van der Waals surface area contributed by atoms with Gasteiger partial charge in [0, 0.05) is 24.7 Å². The summed E-state index contributed by atoms with van der Waals surface area (Å²) in [5.41, 5.74) is 6.63. The number of nitrogens with zero attached hydrogens (tertiary/aromatic N) is 2. The molecule has 0 aromatic carbocycles. The predicted octanol–water partition coefficient (Wildman–Crippen LogP) is 2.95. The molecule has 0 aromatic rings. The van der Waals surface area contributed by atoms with Crippen LogP contribution >= 0.6 is 0 Å². The van der Waals surface area contributed by atoms with E-state index in [0.717, 1.165) is 24.4 Å². The standard InChI is InChI=1S/C18H37N3/c1-15(2)7-11-21(12-8-16(3)4)18(14-19)9-13-20-10-5-6-17(18)20/h15-17H,5-14,19H2,1-4H3. The lowest BCUT2D eigenvalue weighted by molar-refractivity contribution is 0.0564. The lowest BCUT2D eigenvalue weighted by Crippen LogP contribution is -2.60. The summed E-state index contributed by atoms with van der Waals surface area (Å²) in [6, 6.07) is 0.724. The molecular weight excluding hydrogens is 258 g/mol. The fourth-order valence-corrected chi connectivity index (χ4v) is 4.33. The molecule has 0 amide bonds. The van der Waals surface area contributed by atoms with Crippen LogP contribution in [-0.4, -0.2) is 54.1 Å². The maximum absolute atomic E-state index is 6.37. The predicted molar refractivity (Wildman–Crippen MR) is 91.5 cm³/mol. The summed E-state index contributed by atoms with van der Waals surface area (Å²) in [5, 5.41) is 0. The Hall–Kier alpha value is -0.120. The van der Waals surface area contributed by atoms with Crippen molar-refractivity contribution in [3.05, 3.63) is 0 Å². The molecule has 2 N–H and O–H groups in total. The van der Waals surface area contributed by atoms with Gasteiger partial charge in [0.1, 0.15) is 0 Å². The molecule has 0 aliphatic carbocycles. The van der Waals surface area contributed by atoms with E-state index in [9.17, 15) is 0 Å². The number of fused-ring (bicyclic) bond motifs is 1. The highest BCUT2D eigenvalue weighted by molar-refractivity contribution is 5.09. The SMILES string of the molecule is CC(C)CCN(CCC(C)C)C1(CN)CCN2CCCC21. The molecule has 2 aliphatic heterocycles. The Labute approximate surface area is 132 Å². The Morgan fingerprint density at radius 1 is 1.10 bits per heavy atom. The molecule has 2 atom stereocenters. The fraction of sp³-hybridized carbons (Fsp3) is 1.00. The highest BCUT2D eigenvalue weighted by Gasteiger charge is 2.51. The molecule has 2 aliphatic rings. The molecule has 2 heterocycles. The highest BCUT2D eigenvalue weighted by atomic mass is 15.3. The topological polar surface area (TPSA) is 32.5 Å². The van der Waals surface area contributed by atoms with Crippen LogP contribution < -0.4 is 5.73 Å². The molecule has 124 valence electrons. The normalized spacial score (nSPS) is 30.0. The summed E-state index contributed by atoms with van der Waals surface area (Å²) in [5.74, 6) is 1.56. The second-order valence-corrected chi connectivity index (χ2v) is 8.10. The van der Waals surface area contributed by atoms with E-state index in [4.69, 9.17) is 5.73 Å². The van der Waals surface area contributed by atoms with Gasteiger partial charge in [-0.25, -0.2) is 0 Å². The smallest absolute Gasteiger partial charge is 0.0498 e. The largest absolute Gasteiger partial charge is 0.329 e. The fourth-order valence-electron chi connectivity index (χ4n) is 4.33. The van der Waals surface area contributed by atoms with E-state index in [0.29, 0.717) is 0 Å². The van der Waals surface area contributed by atoms with Crippen molar-refractivity contribution >= 4 is 0 Å². The molecule has 0 spiro atoms. The minimum atomic E-state index is 0.264. The lowest BCUT2D eigenvalue weighted by atomic mass is 9.85. The minimum absolute atomic E-state index is 0.264. The Morgan fingerprint density at radius 2 is 1.71 bits per heavy atom. The van der Waals surface area contributed by atoms with Crippen LogP contribution in [0.5, 0.6) is 0 Å². The molecule has 0 saturated carbocycles. The summed E-state index contributed by atoms with van der Waals surface area (Å²) >= 11 is 0. The summed E-state index contributed by atoms with van der Waals surface area (Å²) in [7, 11) is 0. The second kappa shape index (κ2) is 7.43. The van der Waals surface area contributed by atoms with Crippen LogP contribution in [0, 0.1) is 11.8 Å². The van der Waals surface area contributed by atoms with Crippen LogP contribution in [-0.2, 0) is 0 Å². The van der Waals surface area contributed by atoms with Gasteiger partial charge in [0.15, 0.2) is 0 Å². The Morgan fingerprint density at radius 3 is 2.24 bits per heavy atom. The summed E-state index contributed by atoms with van der Waals surface area (Å²) < 4.78 is 0. The maximum atomic E-state index is 6.37. The zero-order chi connectivity index (χ0) is 15.5. The molecule has 2 saturated heterocycles. The molecule has 3 nitrogen and oxygen atoms in total. The van der Waals surface area contributed by atoms with E-state index >= 15 is 0 Å². The Bertz CT molecular complexity index is 304. The quantitative estimate of drug-likeness (QED) is 0.747. The van der Waals surface area contributed by atoms with E-state index in [-0.39, 0.29) is 5.54 Å². The van der Waals surface area contributed by atoms with E-state index in [1.165, 1.54) is 58.3 Å². The van der Waals surface area contributed by atoms with Crippen molar-refractivity contribution < 1.29 is 0 Å². The highest BCUT2D eigenvalue weighted by Crippen LogP contribution is 2.40. The van der Waals surface area contributed by atoms with Gasteiger partial charge in [0.2, 0.25) is 0 Å². The molecule has 21 heavy (non-hydrogen) atoms. The van der Waals surface area contributed by atoms with Gasteiger partial charge in [-0.3, -0.25) is 9.80 Å². The first-order chi connectivity index (χ1) is 9.99. The first-order valence-electron chi connectivity index (χ1n) is 9.18. The first-order valence-corrected chi connectivity index (χ1v) is 9.18. The average Bonchev–Trinajstić information content (AvgIpc) is 3.01. The summed E-state index contributed by atoms with van der Waals surface area (Å²) in [6.45, 7) is 15.2. The van der Waals surface area contributed by atoms with Crippen molar-refractivity contribution in [2.24, 2.45) is 17.6 Å².